The molecule has 0 aromatic carbocycles. The van der Waals surface area contributed by atoms with Crippen LogP contribution in [-0.2, 0) is 9.47 Å². The van der Waals surface area contributed by atoms with Gasteiger partial charge in [0.25, 0.3) is 0 Å². The summed E-state index contributed by atoms with van der Waals surface area (Å²) in [5, 5.41) is 0. The topological polar surface area (TPSA) is 35.5 Å². The van der Waals surface area contributed by atoms with Crippen molar-refractivity contribution >= 4 is 28.7 Å². The zero-order valence-electron chi connectivity index (χ0n) is 9.53. The minimum Gasteiger partial charge on any atom is -0.430 e. The summed E-state index contributed by atoms with van der Waals surface area (Å²) in [4.78, 5) is 11.4. The van der Waals surface area contributed by atoms with Crippen LogP contribution < -0.4 is 0 Å². The third kappa shape index (κ3) is 4.17. The predicted molar refractivity (Wildman–Crippen MR) is 67.0 cm³/mol. The summed E-state index contributed by atoms with van der Waals surface area (Å²) < 4.78 is 10.2. The van der Waals surface area contributed by atoms with E-state index in [0.717, 1.165) is 12.8 Å². The lowest BCUT2D eigenvalue weighted by Gasteiger charge is -2.33. The average Bonchev–Trinajstić information content (AvgIpc) is 2.10. The monoisotopic (exact) mass is 326 g/mol. The van der Waals surface area contributed by atoms with E-state index in [1.807, 2.05) is 29.5 Å². The SMILES string of the molecule is CC(I)OC(=O)OC1C(C)CCCC1C. The van der Waals surface area contributed by atoms with Gasteiger partial charge >= 0.3 is 6.16 Å². The zero-order chi connectivity index (χ0) is 11.4. The lowest BCUT2D eigenvalue weighted by molar-refractivity contribution is -0.0315. The van der Waals surface area contributed by atoms with Crippen LogP contribution in [0.15, 0.2) is 0 Å². The Kier molecular flexibility index (Phi) is 5.15. The number of carbonyl (C=O) groups is 1. The maximum absolute atomic E-state index is 11.4. The van der Waals surface area contributed by atoms with Crippen molar-refractivity contribution in [2.75, 3.05) is 0 Å². The van der Waals surface area contributed by atoms with Crippen LogP contribution >= 0.6 is 22.6 Å². The van der Waals surface area contributed by atoms with E-state index in [4.69, 9.17) is 9.47 Å². The van der Waals surface area contributed by atoms with Crippen molar-refractivity contribution in [3.8, 4) is 0 Å². The first-order valence-electron chi connectivity index (χ1n) is 5.52. The van der Waals surface area contributed by atoms with Gasteiger partial charge in [-0.2, -0.15) is 0 Å². The van der Waals surface area contributed by atoms with Gasteiger partial charge in [-0.25, -0.2) is 4.79 Å². The molecule has 3 unspecified atom stereocenters. The number of halogens is 1. The van der Waals surface area contributed by atoms with Gasteiger partial charge in [-0.3, -0.25) is 0 Å². The van der Waals surface area contributed by atoms with Gasteiger partial charge in [-0.15, -0.1) is 0 Å². The van der Waals surface area contributed by atoms with E-state index >= 15 is 0 Å². The molecule has 0 saturated heterocycles. The largest absolute Gasteiger partial charge is 0.509 e. The fraction of sp³-hybridized carbons (Fsp3) is 0.909. The van der Waals surface area contributed by atoms with Crippen LogP contribution in [0.4, 0.5) is 4.79 Å². The molecule has 1 aliphatic carbocycles. The fourth-order valence-electron chi connectivity index (χ4n) is 2.15. The normalized spacial score (nSPS) is 33.2. The van der Waals surface area contributed by atoms with Crippen molar-refractivity contribution in [1.82, 2.24) is 0 Å². The lowest BCUT2D eigenvalue weighted by atomic mass is 9.81. The number of carbonyl (C=O) groups excluding carboxylic acids is 1. The Bertz CT molecular complexity index is 208. The molecule has 3 nitrogen and oxygen atoms in total. The van der Waals surface area contributed by atoms with Gasteiger partial charge in [0.15, 0.2) is 4.11 Å². The minimum atomic E-state index is -0.525. The molecule has 15 heavy (non-hydrogen) atoms. The third-order valence-corrected chi connectivity index (χ3v) is 3.19. The quantitative estimate of drug-likeness (QED) is 0.440. The molecule has 88 valence electrons. The molecule has 1 fully saturated rings. The second kappa shape index (κ2) is 5.92. The molecule has 0 spiro atoms. The fourth-order valence-corrected chi connectivity index (χ4v) is 2.36. The molecule has 0 aromatic rings. The van der Waals surface area contributed by atoms with Gasteiger partial charge in [0, 0.05) is 0 Å². The lowest BCUT2D eigenvalue weighted by Crippen LogP contribution is -2.35. The van der Waals surface area contributed by atoms with Gasteiger partial charge in [-0.1, -0.05) is 20.3 Å². The molecule has 0 bridgehead atoms. The Morgan fingerprint density at radius 2 is 1.87 bits per heavy atom. The molecular weight excluding hydrogens is 307 g/mol. The van der Waals surface area contributed by atoms with Gasteiger partial charge in [0.05, 0.1) is 0 Å². The summed E-state index contributed by atoms with van der Waals surface area (Å²) in [5.41, 5.74) is 0. The van der Waals surface area contributed by atoms with Crippen molar-refractivity contribution in [3.63, 3.8) is 0 Å². The van der Waals surface area contributed by atoms with Crippen LogP contribution in [0.3, 0.4) is 0 Å². The van der Waals surface area contributed by atoms with Crippen molar-refractivity contribution in [2.24, 2.45) is 11.8 Å². The zero-order valence-corrected chi connectivity index (χ0v) is 11.7. The molecule has 4 heteroatoms. The number of hydrogen-bond donors (Lipinski definition) is 0. The molecular formula is C11H19IO3. The molecule has 0 N–H and O–H groups in total. The molecule has 1 rings (SSSR count). The maximum Gasteiger partial charge on any atom is 0.509 e. The van der Waals surface area contributed by atoms with Gasteiger partial charge < -0.3 is 9.47 Å². The van der Waals surface area contributed by atoms with Gasteiger partial charge in [0.1, 0.15) is 6.10 Å². The van der Waals surface area contributed by atoms with Crippen LogP contribution in [0, 0.1) is 11.8 Å². The second-order valence-electron chi connectivity index (χ2n) is 4.38. The van der Waals surface area contributed by atoms with E-state index in [1.165, 1.54) is 6.42 Å². The number of alkyl halides is 1. The number of rotatable bonds is 2. The van der Waals surface area contributed by atoms with E-state index in [2.05, 4.69) is 13.8 Å². The molecule has 0 aliphatic heterocycles. The summed E-state index contributed by atoms with van der Waals surface area (Å²) in [6.07, 6.45) is 3.02. The van der Waals surface area contributed by atoms with Gasteiger partial charge in [-0.05, 0) is 54.2 Å². The molecule has 1 saturated carbocycles. The molecule has 0 radical (unpaired) electrons. The van der Waals surface area contributed by atoms with Crippen molar-refractivity contribution in [3.05, 3.63) is 0 Å². The number of ether oxygens (including phenoxy) is 2. The highest BCUT2D eigenvalue weighted by atomic mass is 127. The Morgan fingerprint density at radius 1 is 1.33 bits per heavy atom. The van der Waals surface area contributed by atoms with Crippen molar-refractivity contribution in [2.45, 2.75) is 50.2 Å². The standard InChI is InChI=1S/C11H19IO3/c1-7-5-4-6-8(2)10(7)15-11(13)14-9(3)12/h7-10H,4-6H2,1-3H3. The van der Waals surface area contributed by atoms with E-state index < -0.39 is 6.16 Å². The van der Waals surface area contributed by atoms with E-state index in [9.17, 15) is 4.79 Å². The van der Waals surface area contributed by atoms with Gasteiger partial charge in [0.2, 0.25) is 0 Å². The minimum absolute atomic E-state index is 0.0291. The van der Waals surface area contributed by atoms with Crippen LogP contribution in [-0.4, -0.2) is 16.4 Å². The smallest absolute Gasteiger partial charge is 0.430 e. The van der Waals surface area contributed by atoms with E-state index in [-0.39, 0.29) is 10.2 Å². The molecule has 0 amide bonds. The molecule has 3 atom stereocenters. The Hall–Kier alpha value is 0. The second-order valence-corrected chi connectivity index (χ2v) is 6.13. The molecule has 0 aromatic heterocycles. The Morgan fingerprint density at radius 3 is 2.33 bits per heavy atom. The van der Waals surface area contributed by atoms with Crippen molar-refractivity contribution < 1.29 is 14.3 Å². The highest BCUT2D eigenvalue weighted by Crippen LogP contribution is 2.31. The Labute approximate surface area is 105 Å². The summed E-state index contributed by atoms with van der Waals surface area (Å²) in [7, 11) is 0. The average molecular weight is 326 g/mol. The van der Waals surface area contributed by atoms with Crippen molar-refractivity contribution in [1.29, 1.82) is 0 Å². The summed E-state index contributed by atoms with van der Waals surface area (Å²) in [6.45, 7) is 6.09. The summed E-state index contributed by atoms with van der Waals surface area (Å²) in [6, 6.07) is 0. The Balaban J connectivity index is 2.44. The summed E-state index contributed by atoms with van der Waals surface area (Å²) >= 11 is 2.04. The first kappa shape index (κ1) is 13.1. The highest BCUT2D eigenvalue weighted by molar-refractivity contribution is 14.1. The molecule has 1 aliphatic rings. The highest BCUT2D eigenvalue weighted by Gasteiger charge is 2.31. The predicted octanol–water partition coefficient (Wildman–Crippen LogP) is 3.75. The van der Waals surface area contributed by atoms with E-state index in [0.29, 0.717) is 11.8 Å². The third-order valence-electron chi connectivity index (χ3n) is 2.93. The van der Waals surface area contributed by atoms with Crippen LogP contribution in [0.1, 0.15) is 40.0 Å². The van der Waals surface area contributed by atoms with Crippen LogP contribution in [0.25, 0.3) is 0 Å². The van der Waals surface area contributed by atoms with Crippen LogP contribution in [0.2, 0.25) is 0 Å². The first-order chi connectivity index (χ1) is 7.00. The summed E-state index contributed by atoms with van der Waals surface area (Å²) in [5.74, 6) is 0.900. The number of hydrogen-bond acceptors (Lipinski definition) is 3. The first-order valence-corrected chi connectivity index (χ1v) is 6.76. The molecule has 0 heterocycles. The van der Waals surface area contributed by atoms with Crippen LogP contribution in [0.5, 0.6) is 0 Å². The maximum atomic E-state index is 11.4. The van der Waals surface area contributed by atoms with E-state index in [1.54, 1.807) is 0 Å².